The van der Waals surface area contributed by atoms with E-state index in [0.717, 1.165) is 24.3 Å². The number of carbonyl (C=O) groups excluding carboxylic acids is 1. The molecule has 4 rings (SSSR count). The number of hydrogen-bond acceptors (Lipinski definition) is 4. The SMILES string of the molecule is O=C(CS1(Br)CCCC1)c1ccc2c(c1)S(=O)(=O)c1ccccc1O2. The minimum Gasteiger partial charge on any atom is -0.455 e. The Balaban J connectivity index is 1.71. The maximum Gasteiger partial charge on any atom is 0.213 e. The lowest BCUT2D eigenvalue weighted by atomic mass is 10.1. The van der Waals surface area contributed by atoms with Crippen LogP contribution in [0.25, 0.3) is 0 Å². The van der Waals surface area contributed by atoms with Crippen LogP contribution in [0.4, 0.5) is 0 Å². The highest BCUT2D eigenvalue weighted by Crippen LogP contribution is 2.60. The van der Waals surface area contributed by atoms with Crippen molar-refractivity contribution in [2.45, 2.75) is 22.6 Å². The maximum atomic E-state index is 12.9. The predicted molar refractivity (Wildman–Crippen MR) is 103 cm³/mol. The van der Waals surface area contributed by atoms with Crippen molar-refractivity contribution in [1.82, 2.24) is 0 Å². The number of hydrogen-bond donors (Lipinski definition) is 0. The van der Waals surface area contributed by atoms with Crippen molar-refractivity contribution in [3.05, 3.63) is 48.0 Å². The van der Waals surface area contributed by atoms with E-state index in [1.807, 2.05) is 0 Å². The molecule has 0 spiro atoms. The predicted octanol–water partition coefficient (Wildman–Crippen LogP) is 4.72. The largest absolute Gasteiger partial charge is 0.455 e. The number of rotatable bonds is 3. The molecule has 132 valence electrons. The van der Waals surface area contributed by atoms with E-state index in [2.05, 4.69) is 14.8 Å². The lowest BCUT2D eigenvalue weighted by molar-refractivity contribution is 0.102. The minimum absolute atomic E-state index is 0.00867. The summed E-state index contributed by atoms with van der Waals surface area (Å²) in [4.78, 5) is 12.9. The molecule has 0 bridgehead atoms. The van der Waals surface area contributed by atoms with E-state index in [9.17, 15) is 13.2 Å². The van der Waals surface area contributed by atoms with E-state index < -0.39 is 18.3 Å². The molecule has 25 heavy (non-hydrogen) atoms. The maximum absolute atomic E-state index is 12.9. The fourth-order valence-electron chi connectivity index (χ4n) is 3.26. The van der Waals surface area contributed by atoms with Gasteiger partial charge in [-0.1, -0.05) is 12.1 Å². The molecule has 4 nitrogen and oxygen atoms in total. The van der Waals surface area contributed by atoms with Crippen molar-refractivity contribution in [2.75, 3.05) is 17.3 Å². The van der Waals surface area contributed by atoms with Gasteiger partial charge in [-0.25, -0.2) is 8.42 Å². The summed E-state index contributed by atoms with van der Waals surface area (Å²) < 4.78 is 31.5. The summed E-state index contributed by atoms with van der Waals surface area (Å²) >= 11 is 3.78. The van der Waals surface area contributed by atoms with Crippen molar-refractivity contribution in [2.24, 2.45) is 0 Å². The molecule has 7 heteroatoms. The number of halogens is 1. The van der Waals surface area contributed by atoms with Gasteiger partial charge in [-0.2, -0.15) is 8.46 Å². The van der Waals surface area contributed by atoms with Gasteiger partial charge in [0.05, 0.1) is 5.75 Å². The van der Waals surface area contributed by atoms with Crippen molar-refractivity contribution < 1.29 is 17.9 Å². The molecule has 2 aliphatic heterocycles. The molecule has 0 unspecified atom stereocenters. The first kappa shape index (κ1) is 17.1. The van der Waals surface area contributed by atoms with Crippen LogP contribution in [0.1, 0.15) is 23.2 Å². The summed E-state index contributed by atoms with van der Waals surface area (Å²) in [5, 5.41) is 0. The van der Waals surface area contributed by atoms with Crippen molar-refractivity contribution in [1.29, 1.82) is 0 Å². The Morgan fingerprint density at radius 3 is 2.44 bits per heavy atom. The zero-order valence-electron chi connectivity index (χ0n) is 13.4. The van der Waals surface area contributed by atoms with Gasteiger partial charge in [0.25, 0.3) is 0 Å². The molecule has 2 aromatic rings. The zero-order chi connectivity index (χ0) is 17.7. The number of sulfone groups is 1. The lowest BCUT2D eigenvalue weighted by Gasteiger charge is -2.27. The van der Waals surface area contributed by atoms with Gasteiger partial charge in [0.2, 0.25) is 9.84 Å². The molecule has 0 atom stereocenters. The van der Waals surface area contributed by atoms with Crippen LogP contribution in [0.5, 0.6) is 11.5 Å². The Bertz CT molecular complexity index is 963. The van der Waals surface area contributed by atoms with Crippen LogP contribution in [-0.2, 0) is 9.84 Å². The Hall–Kier alpha value is -1.31. The van der Waals surface area contributed by atoms with Gasteiger partial charge in [0.1, 0.15) is 21.3 Å². The molecule has 1 fully saturated rings. The van der Waals surface area contributed by atoms with Gasteiger partial charge in [-0.05, 0) is 69.5 Å². The number of benzene rings is 2. The van der Waals surface area contributed by atoms with Crippen LogP contribution in [0.15, 0.2) is 52.3 Å². The molecule has 0 aromatic heterocycles. The van der Waals surface area contributed by atoms with Crippen LogP contribution in [-0.4, -0.2) is 31.5 Å². The van der Waals surface area contributed by atoms with Crippen molar-refractivity contribution in [3.63, 3.8) is 0 Å². The summed E-state index contributed by atoms with van der Waals surface area (Å²) in [6.45, 7) is 0. The molecule has 2 heterocycles. The van der Waals surface area contributed by atoms with Gasteiger partial charge >= 0.3 is 0 Å². The number of Topliss-reactive ketones (excluding diaryl/α,β-unsaturated/α-hetero) is 1. The summed E-state index contributed by atoms with van der Waals surface area (Å²) in [7, 11) is -4.75. The van der Waals surface area contributed by atoms with E-state index in [1.165, 1.54) is 12.1 Å². The number of ether oxygens (including phenoxy) is 1. The average Bonchev–Trinajstić information content (AvgIpc) is 3.01. The quantitative estimate of drug-likeness (QED) is 0.552. The number of carbonyl (C=O) groups is 1. The minimum atomic E-state index is -3.68. The Kier molecular flexibility index (Phi) is 4.21. The van der Waals surface area contributed by atoms with Crippen LogP contribution < -0.4 is 4.74 Å². The molecule has 0 aliphatic carbocycles. The first-order chi connectivity index (χ1) is 11.9. The van der Waals surface area contributed by atoms with Gasteiger partial charge in [0.15, 0.2) is 5.78 Å². The third-order valence-corrected chi connectivity index (χ3v) is 11.8. The molecule has 0 amide bonds. The Morgan fingerprint density at radius 1 is 1.00 bits per heavy atom. The molecule has 0 N–H and O–H groups in total. The summed E-state index contributed by atoms with van der Waals surface area (Å²) in [5.74, 6) is 3.16. The molecule has 0 saturated carbocycles. The van der Waals surface area contributed by atoms with E-state index in [1.54, 1.807) is 30.3 Å². The Morgan fingerprint density at radius 2 is 1.68 bits per heavy atom. The van der Waals surface area contributed by atoms with Gasteiger partial charge in [-0.3, -0.25) is 4.79 Å². The summed E-state index contributed by atoms with van der Waals surface area (Å²) in [5.41, 5.74) is 0.434. The second kappa shape index (κ2) is 6.14. The Labute approximate surface area is 156 Å². The fraction of sp³-hybridized carbons (Fsp3) is 0.278. The third-order valence-electron chi connectivity index (χ3n) is 4.57. The van der Waals surface area contributed by atoms with Gasteiger partial charge < -0.3 is 4.74 Å². The molecule has 2 aliphatic rings. The molecular weight excluding hydrogens is 424 g/mol. The molecule has 2 aromatic carbocycles. The highest BCUT2D eigenvalue weighted by Gasteiger charge is 2.33. The topological polar surface area (TPSA) is 60.4 Å². The second-order valence-corrected chi connectivity index (χ2v) is 15.3. The van der Waals surface area contributed by atoms with Crippen molar-refractivity contribution >= 4 is 38.9 Å². The number of ketones is 1. The fourth-order valence-corrected chi connectivity index (χ4v) is 9.35. The summed E-state index contributed by atoms with van der Waals surface area (Å²) in [6.07, 6.45) is 2.30. The van der Waals surface area contributed by atoms with Crippen LogP contribution in [0, 0.1) is 0 Å². The van der Waals surface area contributed by atoms with Crippen LogP contribution in [0.3, 0.4) is 0 Å². The molecular formula is C18H17BrO4S2. The molecule has 1 saturated heterocycles. The van der Waals surface area contributed by atoms with Gasteiger partial charge in [0, 0.05) is 5.56 Å². The second-order valence-electron chi connectivity index (χ2n) is 6.34. The normalized spacial score (nSPS) is 20.8. The first-order valence-electron chi connectivity index (χ1n) is 8.04. The van der Waals surface area contributed by atoms with E-state index in [4.69, 9.17) is 4.74 Å². The standard InChI is InChI=1S/C18H17BrO4S2/c19-24(9-3-4-10-24)12-14(20)13-7-8-16-18(11-13)25(21,22)17-6-2-1-5-15(17)23-16/h1-2,5-8,11H,3-4,9-10,12H2. The van der Waals surface area contributed by atoms with Crippen LogP contribution >= 0.6 is 23.3 Å². The smallest absolute Gasteiger partial charge is 0.213 e. The van der Waals surface area contributed by atoms with Crippen molar-refractivity contribution in [3.8, 4) is 11.5 Å². The number of fused-ring (bicyclic) bond motifs is 2. The zero-order valence-corrected chi connectivity index (χ0v) is 16.6. The lowest BCUT2D eigenvalue weighted by Crippen LogP contribution is -2.15. The molecule has 0 radical (unpaired) electrons. The van der Waals surface area contributed by atoms with Crippen LogP contribution in [0.2, 0.25) is 0 Å². The average molecular weight is 441 g/mol. The number of para-hydroxylation sites is 1. The first-order valence-corrected chi connectivity index (χ1v) is 13.5. The van der Waals surface area contributed by atoms with E-state index in [-0.39, 0.29) is 21.3 Å². The van der Waals surface area contributed by atoms with Gasteiger partial charge in [-0.15, -0.1) is 0 Å². The van der Waals surface area contributed by atoms with E-state index in [0.29, 0.717) is 17.1 Å². The highest BCUT2D eigenvalue weighted by atomic mass is 79.9. The summed E-state index contributed by atoms with van der Waals surface area (Å²) in [6, 6.07) is 11.3. The highest BCUT2D eigenvalue weighted by molar-refractivity contribution is 9.58. The third kappa shape index (κ3) is 3.02. The monoisotopic (exact) mass is 440 g/mol. The van der Waals surface area contributed by atoms with E-state index >= 15 is 0 Å².